The summed E-state index contributed by atoms with van der Waals surface area (Å²) in [6.45, 7) is 0.927. The van der Waals surface area contributed by atoms with E-state index >= 15 is 0 Å². The van der Waals surface area contributed by atoms with Gasteiger partial charge in [0.25, 0.3) is 0 Å². The highest BCUT2D eigenvalue weighted by Gasteiger charge is 1.70. The smallest absolute Gasteiger partial charge is 0.450 e. The summed E-state index contributed by atoms with van der Waals surface area (Å²) >= 11 is 0. The second-order valence-electron chi connectivity index (χ2n) is 1.11. The van der Waals surface area contributed by atoms with Gasteiger partial charge in [-0.3, -0.25) is 0 Å². The molecule has 0 saturated carbocycles. The van der Waals surface area contributed by atoms with Gasteiger partial charge in [-0.25, -0.2) is 4.79 Å². The third-order valence-electron chi connectivity index (χ3n) is 0.362. The average Bonchev–Trinajstić information content (AvgIpc) is 1.66. The zero-order valence-corrected chi connectivity index (χ0v) is 5.16. The van der Waals surface area contributed by atoms with Crippen LogP contribution in [0.3, 0.4) is 0 Å². The Hall–Kier alpha value is -0.810. The van der Waals surface area contributed by atoms with E-state index in [9.17, 15) is 0 Å². The summed E-state index contributed by atoms with van der Waals surface area (Å²) in [6, 6.07) is 0. The molecule has 0 atom stereocenters. The number of hydrogen-bond acceptors (Lipinski definition) is 3. The van der Waals surface area contributed by atoms with Crippen molar-refractivity contribution in [1.29, 1.82) is 0 Å². The largest absolute Gasteiger partial charge is 0.503 e. The number of carbonyl (C=O) groups is 1. The number of hydrogen-bond donors (Lipinski definition) is 4. The summed E-state index contributed by atoms with van der Waals surface area (Å²) in [7, 11) is 1.80. The van der Waals surface area contributed by atoms with Crippen LogP contribution in [0.2, 0.25) is 0 Å². The number of likely N-dealkylation sites (N-methyl/N-ethyl adjacent to an activating group) is 1. The van der Waals surface area contributed by atoms with Crippen LogP contribution in [0.1, 0.15) is 0 Å². The molecular formula is C4H11NO4. The van der Waals surface area contributed by atoms with E-state index in [1.165, 1.54) is 0 Å². The van der Waals surface area contributed by atoms with E-state index in [2.05, 4.69) is 5.32 Å². The van der Waals surface area contributed by atoms with Crippen LogP contribution < -0.4 is 5.32 Å². The van der Waals surface area contributed by atoms with Gasteiger partial charge in [-0.2, -0.15) is 0 Å². The normalized spacial score (nSPS) is 7.33. The van der Waals surface area contributed by atoms with E-state index in [0.717, 1.165) is 0 Å². The fourth-order valence-corrected chi connectivity index (χ4v) is 0.112. The van der Waals surface area contributed by atoms with Gasteiger partial charge in [0.05, 0.1) is 6.61 Å². The Morgan fingerprint density at radius 3 is 1.89 bits per heavy atom. The van der Waals surface area contributed by atoms with Crippen LogP contribution in [0.25, 0.3) is 0 Å². The lowest BCUT2D eigenvalue weighted by Crippen LogP contribution is -2.10. The van der Waals surface area contributed by atoms with E-state index in [1.807, 2.05) is 0 Å². The van der Waals surface area contributed by atoms with Crippen molar-refractivity contribution in [2.45, 2.75) is 0 Å². The van der Waals surface area contributed by atoms with Gasteiger partial charge in [-0.1, -0.05) is 0 Å². The van der Waals surface area contributed by atoms with Gasteiger partial charge in [0.15, 0.2) is 0 Å². The first kappa shape index (κ1) is 11.0. The maximum absolute atomic E-state index is 8.56. The van der Waals surface area contributed by atoms with E-state index in [4.69, 9.17) is 20.1 Å². The molecule has 0 aliphatic carbocycles. The van der Waals surface area contributed by atoms with Crippen molar-refractivity contribution >= 4 is 6.16 Å². The molecule has 4 N–H and O–H groups in total. The van der Waals surface area contributed by atoms with E-state index in [0.29, 0.717) is 6.54 Å². The van der Waals surface area contributed by atoms with Crippen molar-refractivity contribution in [1.82, 2.24) is 5.32 Å². The molecule has 0 saturated heterocycles. The van der Waals surface area contributed by atoms with Crippen LogP contribution >= 0.6 is 0 Å². The van der Waals surface area contributed by atoms with Gasteiger partial charge in [-0.15, -0.1) is 0 Å². The minimum atomic E-state index is -1.83. The third kappa shape index (κ3) is 137. The van der Waals surface area contributed by atoms with Gasteiger partial charge in [0.2, 0.25) is 0 Å². The zero-order valence-electron chi connectivity index (χ0n) is 5.16. The molecule has 0 unspecified atom stereocenters. The van der Waals surface area contributed by atoms with Crippen molar-refractivity contribution < 1.29 is 20.1 Å². The third-order valence-corrected chi connectivity index (χ3v) is 0.362. The second-order valence-corrected chi connectivity index (χ2v) is 1.11. The molecule has 0 heterocycles. The molecule has 0 bridgehead atoms. The van der Waals surface area contributed by atoms with Crippen LogP contribution in [0.5, 0.6) is 0 Å². The van der Waals surface area contributed by atoms with Crippen LogP contribution in [0.15, 0.2) is 0 Å². The maximum atomic E-state index is 8.56. The molecule has 56 valence electrons. The lowest BCUT2D eigenvalue weighted by atomic mass is 10.7. The van der Waals surface area contributed by atoms with Crippen molar-refractivity contribution in [3.8, 4) is 0 Å². The molecule has 0 aromatic carbocycles. The lowest BCUT2D eigenvalue weighted by molar-refractivity contribution is 0.137. The van der Waals surface area contributed by atoms with Gasteiger partial charge < -0.3 is 20.6 Å². The average molecular weight is 137 g/mol. The fraction of sp³-hybridized carbons (Fsp3) is 0.750. The van der Waals surface area contributed by atoms with E-state index < -0.39 is 6.16 Å². The Morgan fingerprint density at radius 2 is 1.89 bits per heavy atom. The van der Waals surface area contributed by atoms with E-state index in [-0.39, 0.29) is 6.61 Å². The van der Waals surface area contributed by atoms with Crippen molar-refractivity contribution in [3.63, 3.8) is 0 Å². The first-order valence-electron chi connectivity index (χ1n) is 2.32. The molecule has 5 nitrogen and oxygen atoms in total. The molecule has 0 aromatic heterocycles. The molecule has 0 spiro atoms. The van der Waals surface area contributed by atoms with Crippen molar-refractivity contribution in [2.24, 2.45) is 0 Å². The number of nitrogens with one attached hydrogen (secondary N) is 1. The molecular weight excluding hydrogens is 126 g/mol. The Morgan fingerprint density at radius 1 is 1.56 bits per heavy atom. The molecule has 0 aliphatic heterocycles. The fourth-order valence-electron chi connectivity index (χ4n) is 0.112. The molecule has 0 aromatic rings. The molecule has 9 heavy (non-hydrogen) atoms. The Labute approximate surface area is 52.9 Å². The number of rotatable bonds is 2. The highest BCUT2D eigenvalue weighted by atomic mass is 16.6. The van der Waals surface area contributed by atoms with Gasteiger partial charge in [0, 0.05) is 6.54 Å². The molecule has 0 radical (unpaired) electrons. The lowest BCUT2D eigenvalue weighted by Gasteiger charge is -1.84. The first-order valence-corrected chi connectivity index (χ1v) is 2.32. The highest BCUT2D eigenvalue weighted by Crippen LogP contribution is 1.43. The summed E-state index contributed by atoms with van der Waals surface area (Å²) in [5, 5.41) is 24.7. The predicted octanol–water partition coefficient (Wildman–Crippen LogP) is -0.579. The zero-order chi connectivity index (χ0) is 7.70. The summed E-state index contributed by atoms with van der Waals surface area (Å²) in [6.07, 6.45) is -1.83. The highest BCUT2D eigenvalue weighted by molar-refractivity contribution is 5.53. The van der Waals surface area contributed by atoms with Crippen LogP contribution in [0, 0.1) is 0 Å². The minimum absolute atomic E-state index is 0.233. The summed E-state index contributed by atoms with van der Waals surface area (Å²) in [5.74, 6) is 0. The molecule has 0 rings (SSSR count). The molecule has 0 fully saturated rings. The maximum Gasteiger partial charge on any atom is 0.503 e. The monoisotopic (exact) mass is 137 g/mol. The van der Waals surface area contributed by atoms with Gasteiger partial charge >= 0.3 is 6.16 Å². The molecule has 0 aliphatic rings. The summed E-state index contributed by atoms with van der Waals surface area (Å²) in [5.41, 5.74) is 0. The first-order chi connectivity index (χ1) is 4.15. The van der Waals surface area contributed by atoms with Gasteiger partial charge in [0.1, 0.15) is 0 Å². The number of aliphatic hydroxyl groups excluding tert-OH is 1. The van der Waals surface area contributed by atoms with Gasteiger partial charge in [-0.05, 0) is 7.05 Å². The standard InChI is InChI=1S/C3H9NO.CH2O3/c1-4-2-3-5;2-1(3)4/h4-5H,2-3H2,1H3;(H2,2,3,4). The van der Waals surface area contributed by atoms with Crippen LogP contribution in [-0.4, -0.2) is 41.7 Å². The Kier molecular flexibility index (Phi) is 12.6. The second kappa shape index (κ2) is 10.2. The summed E-state index contributed by atoms with van der Waals surface area (Å²) < 4.78 is 0. The van der Waals surface area contributed by atoms with Crippen LogP contribution in [-0.2, 0) is 0 Å². The topological polar surface area (TPSA) is 89.8 Å². The quantitative estimate of drug-likeness (QED) is 0.409. The van der Waals surface area contributed by atoms with Crippen molar-refractivity contribution in [3.05, 3.63) is 0 Å². The van der Waals surface area contributed by atoms with Crippen molar-refractivity contribution in [2.75, 3.05) is 20.2 Å². The Bertz CT molecular complexity index is 59.6. The Balaban J connectivity index is 0. The van der Waals surface area contributed by atoms with Crippen LogP contribution in [0.4, 0.5) is 4.79 Å². The number of carboxylic acid groups (broad SMARTS) is 2. The predicted molar refractivity (Wildman–Crippen MR) is 31.7 cm³/mol. The number of aliphatic hydroxyl groups is 1. The SMILES string of the molecule is CNCCO.O=C(O)O. The summed E-state index contributed by atoms with van der Waals surface area (Å²) in [4.78, 5) is 8.56. The molecule has 0 amide bonds. The van der Waals surface area contributed by atoms with E-state index in [1.54, 1.807) is 7.05 Å². The minimum Gasteiger partial charge on any atom is -0.450 e. The molecule has 5 heteroatoms.